The number of rotatable bonds is 5. The summed E-state index contributed by atoms with van der Waals surface area (Å²) in [6.07, 6.45) is 7.46. The summed E-state index contributed by atoms with van der Waals surface area (Å²) in [6, 6.07) is 6.55. The first-order chi connectivity index (χ1) is 12.3. The summed E-state index contributed by atoms with van der Waals surface area (Å²) in [7, 11) is -7.04. The van der Waals surface area contributed by atoms with Crippen molar-refractivity contribution in [1.29, 1.82) is 0 Å². The molecule has 2 aliphatic rings. The van der Waals surface area contributed by atoms with Crippen LogP contribution in [0, 0.1) is 0 Å². The maximum atomic E-state index is 13.1. The van der Waals surface area contributed by atoms with Crippen molar-refractivity contribution >= 4 is 19.7 Å². The Bertz CT molecular complexity index is 808. The summed E-state index contributed by atoms with van der Waals surface area (Å²) in [4.78, 5) is 0.226. The van der Waals surface area contributed by atoms with Gasteiger partial charge < -0.3 is 5.32 Å². The van der Waals surface area contributed by atoms with Gasteiger partial charge >= 0.3 is 0 Å². The van der Waals surface area contributed by atoms with Gasteiger partial charge in [0.1, 0.15) is 0 Å². The largest absolute Gasteiger partial charge is 0.309 e. The van der Waals surface area contributed by atoms with Gasteiger partial charge in [0, 0.05) is 12.1 Å². The van der Waals surface area contributed by atoms with Crippen molar-refractivity contribution in [2.24, 2.45) is 0 Å². The molecule has 1 saturated carbocycles. The highest BCUT2D eigenvalue weighted by molar-refractivity contribution is 7.96. The van der Waals surface area contributed by atoms with Crippen LogP contribution >= 0.6 is 0 Å². The molecule has 2 atom stereocenters. The first-order valence-electron chi connectivity index (χ1n) is 9.61. The second-order valence-corrected chi connectivity index (χ2v) is 11.9. The van der Waals surface area contributed by atoms with Gasteiger partial charge in [-0.1, -0.05) is 44.7 Å². The summed E-state index contributed by atoms with van der Waals surface area (Å²) in [5.41, 5.74) is 1.07. The lowest BCUT2D eigenvalue weighted by Gasteiger charge is -2.25. The topological polar surface area (TPSA) is 80.3 Å². The molecule has 5 nitrogen and oxygen atoms in total. The van der Waals surface area contributed by atoms with Crippen molar-refractivity contribution in [1.82, 2.24) is 5.32 Å². The smallest absolute Gasteiger partial charge is 0.183 e. The molecule has 3 rings (SSSR count). The Labute approximate surface area is 157 Å². The summed E-state index contributed by atoms with van der Waals surface area (Å²) >= 11 is 0. The van der Waals surface area contributed by atoms with Crippen LogP contribution in [-0.2, 0) is 26.1 Å². The molecule has 7 heteroatoms. The summed E-state index contributed by atoms with van der Waals surface area (Å²) in [6.45, 7) is 2.01. The molecular weight excluding hydrogens is 370 g/mol. The van der Waals surface area contributed by atoms with Gasteiger partial charge in [-0.3, -0.25) is 0 Å². The monoisotopic (exact) mass is 399 g/mol. The molecule has 2 fully saturated rings. The Morgan fingerprint density at radius 3 is 2.19 bits per heavy atom. The first-order valence-corrected chi connectivity index (χ1v) is 13.0. The predicted molar refractivity (Wildman–Crippen MR) is 104 cm³/mol. The average Bonchev–Trinajstić information content (AvgIpc) is 2.77. The third-order valence-electron chi connectivity index (χ3n) is 5.66. The molecule has 26 heavy (non-hydrogen) atoms. The van der Waals surface area contributed by atoms with Gasteiger partial charge in [0.15, 0.2) is 19.7 Å². The molecule has 0 amide bonds. The van der Waals surface area contributed by atoms with Gasteiger partial charge in [-0.25, -0.2) is 16.8 Å². The van der Waals surface area contributed by atoms with Crippen LogP contribution < -0.4 is 5.32 Å². The van der Waals surface area contributed by atoms with Crippen LogP contribution in [0.15, 0.2) is 29.2 Å². The maximum Gasteiger partial charge on any atom is 0.183 e. The second-order valence-electron chi connectivity index (χ2n) is 7.62. The molecule has 1 aromatic carbocycles. The highest BCUT2D eigenvalue weighted by atomic mass is 32.2. The van der Waals surface area contributed by atoms with Crippen LogP contribution in [0.1, 0.15) is 51.0 Å². The predicted octanol–water partition coefficient (Wildman–Crippen LogP) is 2.50. The lowest BCUT2D eigenvalue weighted by molar-refractivity contribution is 0.408. The van der Waals surface area contributed by atoms with E-state index in [1.165, 1.54) is 12.8 Å². The van der Waals surface area contributed by atoms with Gasteiger partial charge in [-0.2, -0.15) is 0 Å². The van der Waals surface area contributed by atoms with Crippen LogP contribution in [0.3, 0.4) is 0 Å². The third kappa shape index (κ3) is 4.49. The molecule has 0 aromatic heterocycles. The quantitative estimate of drug-likeness (QED) is 0.770. The Kier molecular flexibility index (Phi) is 6.09. The van der Waals surface area contributed by atoms with E-state index < -0.39 is 31.0 Å². The van der Waals surface area contributed by atoms with E-state index in [0.29, 0.717) is 0 Å². The van der Waals surface area contributed by atoms with Crippen molar-refractivity contribution in [2.75, 3.05) is 11.5 Å². The van der Waals surface area contributed by atoms with E-state index >= 15 is 0 Å². The van der Waals surface area contributed by atoms with Crippen molar-refractivity contribution in [3.63, 3.8) is 0 Å². The fourth-order valence-electron chi connectivity index (χ4n) is 4.12. The van der Waals surface area contributed by atoms with Gasteiger partial charge in [-0.05, 0) is 37.0 Å². The van der Waals surface area contributed by atoms with Gasteiger partial charge in [0.2, 0.25) is 0 Å². The number of nitrogens with one attached hydrogen (secondary N) is 1. The fraction of sp³-hybridized carbons (Fsp3) is 0.684. The molecule has 1 aliphatic carbocycles. The lowest BCUT2D eigenvalue weighted by Crippen LogP contribution is -2.47. The molecule has 0 radical (unpaired) electrons. The van der Waals surface area contributed by atoms with Gasteiger partial charge in [0.25, 0.3) is 0 Å². The van der Waals surface area contributed by atoms with E-state index in [0.717, 1.165) is 37.7 Å². The minimum Gasteiger partial charge on any atom is -0.309 e. The highest BCUT2D eigenvalue weighted by Crippen LogP contribution is 2.28. The van der Waals surface area contributed by atoms with Crippen molar-refractivity contribution < 1.29 is 16.8 Å². The number of benzene rings is 1. The van der Waals surface area contributed by atoms with Crippen molar-refractivity contribution in [3.05, 3.63) is 29.8 Å². The molecule has 146 valence electrons. The molecule has 0 bridgehead atoms. The van der Waals surface area contributed by atoms with E-state index in [-0.39, 0.29) is 22.4 Å². The average molecular weight is 400 g/mol. The first kappa shape index (κ1) is 19.8. The Balaban J connectivity index is 1.84. The number of sulfone groups is 2. The van der Waals surface area contributed by atoms with Crippen molar-refractivity contribution in [3.8, 4) is 0 Å². The van der Waals surface area contributed by atoms with E-state index in [4.69, 9.17) is 0 Å². The molecule has 1 aromatic rings. The second kappa shape index (κ2) is 7.98. The number of hydrogen-bond donors (Lipinski definition) is 1. The third-order valence-corrected chi connectivity index (χ3v) is 9.83. The van der Waals surface area contributed by atoms with Crippen LogP contribution in [0.4, 0.5) is 0 Å². The molecule has 1 aliphatic heterocycles. The maximum absolute atomic E-state index is 13.1. The normalized spacial score (nSPS) is 27.3. The van der Waals surface area contributed by atoms with E-state index in [9.17, 15) is 16.8 Å². The number of aryl methyl sites for hydroxylation is 1. The molecule has 1 N–H and O–H groups in total. The fourth-order valence-corrected chi connectivity index (χ4v) is 8.79. The van der Waals surface area contributed by atoms with Crippen molar-refractivity contribution in [2.45, 2.75) is 74.1 Å². The van der Waals surface area contributed by atoms with Crippen LogP contribution in [0.2, 0.25) is 0 Å². The van der Waals surface area contributed by atoms with Gasteiger partial charge in [0.05, 0.1) is 21.7 Å². The molecule has 1 heterocycles. The van der Waals surface area contributed by atoms with E-state index in [1.54, 1.807) is 12.1 Å². The SMILES string of the molecule is CCc1ccc(S(=O)(=O)[C@H]2CS(=O)(=O)C[C@@H]2NC2CCCCCC2)cc1. The minimum atomic E-state index is -3.69. The Morgan fingerprint density at radius 2 is 1.62 bits per heavy atom. The molecule has 1 saturated heterocycles. The van der Waals surface area contributed by atoms with E-state index in [1.807, 2.05) is 19.1 Å². The lowest BCUT2D eigenvalue weighted by atomic mass is 10.1. The summed E-state index contributed by atoms with van der Waals surface area (Å²) in [5, 5.41) is 2.50. The van der Waals surface area contributed by atoms with E-state index in [2.05, 4.69) is 5.32 Å². The zero-order valence-electron chi connectivity index (χ0n) is 15.4. The summed E-state index contributed by atoms with van der Waals surface area (Å²) in [5.74, 6) is -0.365. The highest BCUT2D eigenvalue weighted by Gasteiger charge is 2.46. The van der Waals surface area contributed by atoms with Gasteiger partial charge in [-0.15, -0.1) is 0 Å². The van der Waals surface area contributed by atoms with Crippen LogP contribution in [-0.4, -0.2) is 45.7 Å². The molecule has 0 unspecified atom stereocenters. The molecule has 0 spiro atoms. The minimum absolute atomic E-state index is 0.0829. The van der Waals surface area contributed by atoms with Crippen LogP contribution in [0.25, 0.3) is 0 Å². The summed E-state index contributed by atoms with van der Waals surface area (Å²) < 4.78 is 50.7. The molecular formula is C19H29NO4S2. The number of hydrogen-bond acceptors (Lipinski definition) is 5. The standard InChI is InChI=1S/C19H29NO4S2/c1-2-15-9-11-17(12-10-15)26(23,24)19-14-25(21,22)13-18(19)20-16-7-5-3-4-6-8-16/h9-12,16,18-20H,2-8,13-14H2,1H3/t18-,19-/m0/s1. The van der Waals surface area contributed by atoms with Crippen LogP contribution in [0.5, 0.6) is 0 Å². The zero-order valence-corrected chi connectivity index (χ0v) is 17.0. The Hall–Kier alpha value is -0.920. The zero-order chi connectivity index (χ0) is 18.8. The Morgan fingerprint density at radius 1 is 1.00 bits per heavy atom.